The molecule has 0 aliphatic carbocycles. The number of carbonyl (C=O) groups is 1. The first-order valence-corrected chi connectivity index (χ1v) is 13.1. The fraction of sp³-hybridized carbons (Fsp3) is 0.308. The van der Waals surface area contributed by atoms with Crippen LogP contribution in [0.4, 0.5) is 5.82 Å². The minimum Gasteiger partial charge on any atom is -0.492 e. The van der Waals surface area contributed by atoms with Gasteiger partial charge >= 0.3 is 0 Å². The van der Waals surface area contributed by atoms with Gasteiger partial charge in [-0.15, -0.1) is 11.3 Å². The molecule has 0 saturated carbocycles. The monoisotopic (exact) mass is 523 g/mol. The van der Waals surface area contributed by atoms with E-state index in [0.717, 1.165) is 19.4 Å². The van der Waals surface area contributed by atoms with Gasteiger partial charge in [0.15, 0.2) is 0 Å². The van der Waals surface area contributed by atoms with Gasteiger partial charge in [0.1, 0.15) is 17.9 Å². The van der Waals surface area contributed by atoms with Crippen LogP contribution in [0.25, 0.3) is 21.3 Å². The molecule has 4 aromatic rings. The SMILES string of the molecule is Cc1cc2[nH]c(=O)c(-c3ccc(Cl)s3)c(OCC[C@@H]3CCCCN3)c2cc1C(=O)Nc1ccncn1. The van der Waals surface area contributed by atoms with Crippen LogP contribution in [0.1, 0.15) is 41.6 Å². The number of hydrogen-bond donors (Lipinski definition) is 3. The predicted octanol–water partition coefficient (Wildman–Crippen LogP) is 5.17. The number of aryl methyl sites for hydroxylation is 1. The van der Waals surface area contributed by atoms with Gasteiger partial charge in [-0.2, -0.15) is 0 Å². The Kier molecular flexibility index (Phi) is 7.31. The maximum atomic E-state index is 13.2. The average Bonchev–Trinajstić information content (AvgIpc) is 3.30. The first-order chi connectivity index (χ1) is 17.5. The Balaban J connectivity index is 1.56. The van der Waals surface area contributed by atoms with Crippen LogP contribution in [-0.2, 0) is 0 Å². The van der Waals surface area contributed by atoms with Crippen LogP contribution in [-0.4, -0.2) is 40.1 Å². The van der Waals surface area contributed by atoms with Gasteiger partial charge < -0.3 is 20.4 Å². The molecule has 1 fully saturated rings. The van der Waals surface area contributed by atoms with Gasteiger partial charge in [-0.05, 0) is 68.6 Å². The number of H-pyrrole nitrogens is 1. The van der Waals surface area contributed by atoms with Gasteiger partial charge in [0, 0.05) is 28.1 Å². The van der Waals surface area contributed by atoms with E-state index in [0.29, 0.717) is 61.0 Å². The summed E-state index contributed by atoms with van der Waals surface area (Å²) >= 11 is 7.51. The summed E-state index contributed by atoms with van der Waals surface area (Å²) in [6.45, 7) is 3.29. The number of aromatic nitrogens is 3. The van der Waals surface area contributed by atoms with Crippen molar-refractivity contribution in [1.29, 1.82) is 0 Å². The number of carbonyl (C=O) groups excluding carboxylic acids is 1. The van der Waals surface area contributed by atoms with Crippen molar-refractivity contribution in [3.63, 3.8) is 0 Å². The van der Waals surface area contributed by atoms with Crippen molar-refractivity contribution in [2.45, 2.75) is 38.6 Å². The lowest BCUT2D eigenvalue weighted by molar-refractivity contribution is 0.102. The summed E-state index contributed by atoms with van der Waals surface area (Å²) in [5, 5.41) is 6.99. The number of rotatable bonds is 7. The number of anilines is 1. The number of benzene rings is 1. The van der Waals surface area contributed by atoms with Gasteiger partial charge in [0.2, 0.25) is 0 Å². The lowest BCUT2D eigenvalue weighted by Gasteiger charge is -2.23. The summed E-state index contributed by atoms with van der Waals surface area (Å²) in [7, 11) is 0. The minimum atomic E-state index is -0.308. The van der Waals surface area contributed by atoms with Gasteiger partial charge in [-0.25, -0.2) is 9.97 Å². The molecule has 8 nitrogen and oxygen atoms in total. The van der Waals surface area contributed by atoms with Crippen LogP contribution in [0.3, 0.4) is 0 Å². The maximum absolute atomic E-state index is 13.2. The van der Waals surface area contributed by atoms with E-state index in [4.69, 9.17) is 16.3 Å². The lowest BCUT2D eigenvalue weighted by Crippen LogP contribution is -2.35. The predicted molar refractivity (Wildman–Crippen MR) is 143 cm³/mol. The number of hydrogen-bond acceptors (Lipinski definition) is 7. The molecular weight excluding hydrogens is 498 g/mol. The van der Waals surface area contributed by atoms with Crippen LogP contribution in [0.15, 0.2) is 47.7 Å². The van der Waals surface area contributed by atoms with E-state index in [2.05, 4.69) is 25.6 Å². The van der Waals surface area contributed by atoms with Crippen molar-refractivity contribution in [1.82, 2.24) is 20.3 Å². The molecule has 36 heavy (non-hydrogen) atoms. The Morgan fingerprint density at radius 3 is 2.89 bits per heavy atom. The van der Waals surface area contributed by atoms with Gasteiger partial charge in [-0.3, -0.25) is 9.59 Å². The summed E-state index contributed by atoms with van der Waals surface area (Å²) < 4.78 is 6.92. The van der Waals surface area contributed by atoms with Crippen LogP contribution in [0.5, 0.6) is 5.75 Å². The lowest BCUT2D eigenvalue weighted by atomic mass is 10.0. The molecular formula is C26H26ClN5O3S. The van der Waals surface area contributed by atoms with Crippen molar-refractivity contribution in [3.05, 3.63) is 68.7 Å². The van der Waals surface area contributed by atoms with Gasteiger partial charge in [-0.1, -0.05) is 18.0 Å². The van der Waals surface area contributed by atoms with Gasteiger partial charge in [0.25, 0.3) is 11.5 Å². The first kappa shape index (κ1) is 24.4. The number of aromatic amines is 1. The fourth-order valence-corrected chi connectivity index (χ4v) is 5.59. The molecule has 0 radical (unpaired) electrons. The molecule has 3 N–H and O–H groups in total. The molecule has 1 aromatic carbocycles. The smallest absolute Gasteiger partial charge is 0.260 e. The van der Waals surface area contributed by atoms with Crippen molar-refractivity contribution < 1.29 is 9.53 Å². The van der Waals surface area contributed by atoms with E-state index in [1.165, 1.54) is 30.5 Å². The molecule has 0 bridgehead atoms. The van der Waals surface area contributed by atoms with Crippen molar-refractivity contribution in [2.75, 3.05) is 18.5 Å². The number of piperidine rings is 1. The van der Waals surface area contributed by atoms with Crippen molar-refractivity contribution >= 4 is 45.6 Å². The Labute approximate surface area is 217 Å². The quantitative estimate of drug-likeness (QED) is 0.308. The highest BCUT2D eigenvalue weighted by molar-refractivity contribution is 7.19. The van der Waals surface area contributed by atoms with E-state index in [9.17, 15) is 9.59 Å². The summed E-state index contributed by atoms with van der Waals surface area (Å²) in [5.41, 5.74) is 1.94. The Morgan fingerprint density at radius 1 is 1.28 bits per heavy atom. The molecule has 1 aliphatic rings. The number of amides is 1. The number of fused-ring (bicyclic) bond motifs is 1. The third-order valence-electron chi connectivity index (χ3n) is 6.32. The second kappa shape index (κ2) is 10.8. The number of halogens is 1. The molecule has 5 rings (SSSR count). The molecule has 4 heterocycles. The number of nitrogens with one attached hydrogen (secondary N) is 3. The van der Waals surface area contributed by atoms with Crippen LogP contribution in [0, 0.1) is 6.92 Å². The molecule has 0 unspecified atom stereocenters. The average molecular weight is 524 g/mol. The number of nitrogens with zero attached hydrogens (tertiary/aromatic N) is 2. The maximum Gasteiger partial charge on any atom is 0.260 e. The highest BCUT2D eigenvalue weighted by Crippen LogP contribution is 2.39. The normalized spacial score (nSPS) is 15.7. The highest BCUT2D eigenvalue weighted by atomic mass is 35.5. The Morgan fingerprint density at radius 2 is 2.17 bits per heavy atom. The fourth-order valence-electron chi connectivity index (χ4n) is 4.51. The zero-order valence-corrected chi connectivity index (χ0v) is 21.3. The molecule has 1 aliphatic heterocycles. The first-order valence-electron chi connectivity index (χ1n) is 11.9. The topological polar surface area (TPSA) is 109 Å². The van der Waals surface area contributed by atoms with E-state index in [1.54, 1.807) is 30.5 Å². The van der Waals surface area contributed by atoms with E-state index >= 15 is 0 Å². The summed E-state index contributed by atoms with van der Waals surface area (Å²) in [6, 6.07) is 9.16. The summed E-state index contributed by atoms with van der Waals surface area (Å²) in [5.74, 6) is 0.554. The largest absolute Gasteiger partial charge is 0.492 e. The zero-order valence-electron chi connectivity index (χ0n) is 19.8. The zero-order chi connectivity index (χ0) is 25.1. The van der Waals surface area contributed by atoms with Crippen molar-refractivity contribution in [2.24, 2.45) is 0 Å². The van der Waals surface area contributed by atoms with E-state index in [1.807, 2.05) is 13.0 Å². The van der Waals surface area contributed by atoms with Gasteiger partial charge in [0.05, 0.1) is 22.0 Å². The third kappa shape index (κ3) is 5.28. The second-order valence-electron chi connectivity index (χ2n) is 8.81. The van der Waals surface area contributed by atoms with Crippen LogP contribution >= 0.6 is 22.9 Å². The molecule has 1 atom stereocenters. The van der Waals surface area contributed by atoms with Crippen molar-refractivity contribution in [3.8, 4) is 16.2 Å². The molecule has 10 heteroatoms. The molecule has 0 spiro atoms. The Bertz CT molecular complexity index is 1450. The molecule has 3 aromatic heterocycles. The van der Waals surface area contributed by atoms with E-state index in [-0.39, 0.29) is 11.5 Å². The summed E-state index contributed by atoms with van der Waals surface area (Å²) in [6.07, 6.45) is 7.27. The minimum absolute atomic E-state index is 0.260. The second-order valence-corrected chi connectivity index (χ2v) is 10.5. The number of thiophene rings is 1. The van der Waals surface area contributed by atoms with Crippen LogP contribution in [0.2, 0.25) is 4.34 Å². The third-order valence-corrected chi connectivity index (χ3v) is 7.57. The summed E-state index contributed by atoms with van der Waals surface area (Å²) in [4.78, 5) is 38.0. The molecule has 1 saturated heterocycles. The van der Waals surface area contributed by atoms with E-state index < -0.39 is 0 Å². The molecule has 186 valence electrons. The van der Waals surface area contributed by atoms with Crippen LogP contribution < -0.4 is 20.9 Å². The standard InChI is InChI=1S/C26H26ClN5O3S/c1-15-12-19-18(13-17(15)25(33)32-22-7-10-28-14-30-22)24(35-11-8-16-4-2-3-9-29-16)23(26(34)31-19)20-5-6-21(27)36-20/h5-7,10,12-14,16,29H,2-4,8-9,11H2,1H3,(H,31,34)(H,28,30,32,33)/t16-/m0/s1. The highest BCUT2D eigenvalue weighted by Gasteiger charge is 2.21. The number of ether oxygens (including phenoxy) is 1. The Hall–Kier alpha value is -3.27. The number of pyridine rings is 1. The molecule has 1 amide bonds.